The largest absolute Gasteiger partial charge is 0.481 e. The van der Waals surface area contributed by atoms with Gasteiger partial charge >= 0.3 is 11.9 Å². The Kier molecular flexibility index (Phi) is 3.85. The van der Waals surface area contributed by atoms with E-state index in [1.807, 2.05) is 0 Å². The quantitative estimate of drug-likeness (QED) is 0.720. The Morgan fingerprint density at radius 2 is 1.60 bits per heavy atom. The van der Waals surface area contributed by atoms with Crippen molar-refractivity contribution < 1.29 is 19.8 Å². The van der Waals surface area contributed by atoms with Crippen LogP contribution in [0, 0.1) is 22.2 Å². The smallest absolute Gasteiger partial charge is 0.323 e. The Hall–Kier alpha value is -1.57. The van der Waals surface area contributed by atoms with Crippen LogP contribution in [0.15, 0.2) is 0 Å². The number of aliphatic carboxylic acids is 2. The van der Waals surface area contributed by atoms with E-state index >= 15 is 0 Å². The first-order chi connectivity index (χ1) is 6.65. The van der Waals surface area contributed by atoms with Crippen LogP contribution in [0.25, 0.3) is 0 Å². The number of carboxylic acids is 2. The van der Waals surface area contributed by atoms with Crippen LogP contribution in [0.2, 0.25) is 0 Å². The molecule has 0 rings (SSSR count). The molecule has 0 radical (unpaired) electrons. The zero-order valence-electron chi connectivity index (χ0n) is 9.07. The fourth-order valence-electron chi connectivity index (χ4n) is 0.880. The van der Waals surface area contributed by atoms with Crippen LogP contribution in [0.1, 0.15) is 33.6 Å². The predicted molar refractivity (Wildman–Crippen MR) is 52.0 cm³/mol. The van der Waals surface area contributed by atoms with E-state index in [2.05, 4.69) is 0 Å². The molecule has 0 aliphatic rings. The van der Waals surface area contributed by atoms with Gasteiger partial charge in [-0.2, -0.15) is 5.26 Å². The molecule has 0 aromatic heterocycles. The highest BCUT2D eigenvalue weighted by Crippen LogP contribution is 2.31. The average molecular weight is 213 g/mol. The van der Waals surface area contributed by atoms with Gasteiger partial charge < -0.3 is 10.2 Å². The lowest BCUT2D eigenvalue weighted by atomic mass is 9.79. The molecule has 0 aliphatic carbocycles. The van der Waals surface area contributed by atoms with Crippen molar-refractivity contribution in [2.45, 2.75) is 33.6 Å². The second kappa shape index (κ2) is 4.30. The number of nitriles is 1. The van der Waals surface area contributed by atoms with E-state index < -0.39 is 22.8 Å². The van der Waals surface area contributed by atoms with Crippen molar-refractivity contribution in [2.24, 2.45) is 10.8 Å². The van der Waals surface area contributed by atoms with Crippen LogP contribution in [0.3, 0.4) is 0 Å². The van der Waals surface area contributed by atoms with Gasteiger partial charge in [0.1, 0.15) is 0 Å². The third-order valence-corrected chi connectivity index (χ3v) is 2.55. The van der Waals surface area contributed by atoms with Crippen LogP contribution >= 0.6 is 0 Å². The maximum atomic E-state index is 10.8. The van der Waals surface area contributed by atoms with Gasteiger partial charge in [-0.1, -0.05) is 0 Å². The maximum absolute atomic E-state index is 10.8. The van der Waals surface area contributed by atoms with E-state index in [1.165, 1.54) is 20.8 Å². The lowest BCUT2D eigenvalue weighted by Crippen LogP contribution is -2.30. The minimum absolute atomic E-state index is 0.0259. The molecular weight excluding hydrogens is 198 g/mol. The summed E-state index contributed by atoms with van der Waals surface area (Å²) in [5.74, 6) is -2.21. The van der Waals surface area contributed by atoms with Crippen LogP contribution in [0.4, 0.5) is 0 Å². The van der Waals surface area contributed by atoms with E-state index in [9.17, 15) is 9.59 Å². The minimum Gasteiger partial charge on any atom is -0.481 e. The molecule has 0 bridgehead atoms. The molecule has 0 amide bonds. The van der Waals surface area contributed by atoms with Gasteiger partial charge in [0.15, 0.2) is 5.41 Å². The number of hydrogen-bond donors (Lipinski definition) is 2. The molecule has 0 aromatic rings. The summed E-state index contributed by atoms with van der Waals surface area (Å²) < 4.78 is 0. The summed E-state index contributed by atoms with van der Waals surface area (Å²) >= 11 is 0. The van der Waals surface area contributed by atoms with Gasteiger partial charge in [0.2, 0.25) is 0 Å². The maximum Gasteiger partial charge on any atom is 0.323 e. The number of carboxylic acid groups (broad SMARTS) is 2. The standard InChI is InChI=1S/C10H15NO4/c1-9(2,7(12)13)4-5-10(3,6-11)8(14)15/h4-5H2,1-3H3,(H,12,13)(H,14,15). The molecule has 84 valence electrons. The van der Waals surface area contributed by atoms with Crippen molar-refractivity contribution in [1.82, 2.24) is 0 Å². The lowest BCUT2D eigenvalue weighted by Gasteiger charge is -2.23. The molecule has 15 heavy (non-hydrogen) atoms. The number of carbonyl (C=O) groups is 2. The Morgan fingerprint density at radius 3 is 1.87 bits per heavy atom. The number of hydrogen-bond acceptors (Lipinski definition) is 3. The Labute approximate surface area is 88.3 Å². The van der Waals surface area contributed by atoms with Crippen LogP contribution in [-0.4, -0.2) is 22.2 Å². The normalized spacial score (nSPS) is 15.1. The van der Waals surface area contributed by atoms with Crippen molar-refractivity contribution in [3.05, 3.63) is 0 Å². The molecule has 0 aromatic carbocycles. The summed E-state index contributed by atoms with van der Waals surface area (Å²) in [6.45, 7) is 4.32. The highest BCUT2D eigenvalue weighted by atomic mass is 16.4. The first kappa shape index (κ1) is 13.4. The summed E-state index contributed by atoms with van der Waals surface area (Å²) in [6, 6.07) is 1.70. The molecule has 2 N–H and O–H groups in total. The van der Waals surface area contributed by atoms with Gasteiger partial charge in [-0.05, 0) is 33.6 Å². The van der Waals surface area contributed by atoms with E-state index in [1.54, 1.807) is 6.07 Å². The van der Waals surface area contributed by atoms with E-state index in [4.69, 9.17) is 15.5 Å². The second-order valence-corrected chi connectivity index (χ2v) is 4.44. The molecule has 1 atom stereocenters. The Morgan fingerprint density at radius 1 is 1.13 bits per heavy atom. The lowest BCUT2D eigenvalue weighted by molar-refractivity contribution is -0.150. The summed E-state index contributed by atoms with van der Waals surface area (Å²) in [5, 5.41) is 26.3. The zero-order chi connectivity index (χ0) is 12.3. The first-order valence-corrected chi connectivity index (χ1v) is 4.54. The molecule has 1 unspecified atom stereocenters. The number of nitrogens with zero attached hydrogens (tertiary/aromatic N) is 1. The van der Waals surface area contributed by atoms with Gasteiger partial charge in [0.25, 0.3) is 0 Å². The highest BCUT2D eigenvalue weighted by Gasteiger charge is 2.37. The van der Waals surface area contributed by atoms with Gasteiger partial charge in [-0.15, -0.1) is 0 Å². The van der Waals surface area contributed by atoms with E-state index in [-0.39, 0.29) is 12.8 Å². The molecular formula is C10H15NO4. The van der Waals surface area contributed by atoms with Crippen molar-refractivity contribution in [2.75, 3.05) is 0 Å². The molecule has 0 spiro atoms. The molecule has 0 fully saturated rings. The fraction of sp³-hybridized carbons (Fsp3) is 0.700. The molecule has 0 saturated carbocycles. The number of rotatable bonds is 5. The Balaban J connectivity index is 4.58. The van der Waals surface area contributed by atoms with Crippen molar-refractivity contribution >= 4 is 11.9 Å². The van der Waals surface area contributed by atoms with E-state index in [0.29, 0.717) is 0 Å². The highest BCUT2D eigenvalue weighted by molar-refractivity contribution is 5.78. The SMILES string of the molecule is CC(C)(CCC(C)(C#N)C(=O)O)C(=O)O. The van der Waals surface area contributed by atoms with Crippen molar-refractivity contribution in [3.8, 4) is 6.07 Å². The predicted octanol–water partition coefficient (Wildman–Crippen LogP) is 1.49. The second-order valence-electron chi connectivity index (χ2n) is 4.44. The van der Waals surface area contributed by atoms with Gasteiger partial charge in [0, 0.05) is 0 Å². The van der Waals surface area contributed by atoms with Crippen LogP contribution in [-0.2, 0) is 9.59 Å². The van der Waals surface area contributed by atoms with Crippen molar-refractivity contribution in [3.63, 3.8) is 0 Å². The topological polar surface area (TPSA) is 98.4 Å². The van der Waals surface area contributed by atoms with Gasteiger partial charge in [-0.25, -0.2) is 0 Å². The third kappa shape index (κ3) is 3.24. The summed E-state index contributed by atoms with van der Waals surface area (Å²) in [4.78, 5) is 21.5. The van der Waals surface area contributed by atoms with Gasteiger partial charge in [-0.3, -0.25) is 9.59 Å². The summed E-state index contributed by atoms with van der Waals surface area (Å²) in [5.41, 5.74) is -2.51. The first-order valence-electron chi connectivity index (χ1n) is 4.54. The minimum atomic E-state index is -1.51. The monoisotopic (exact) mass is 213 g/mol. The van der Waals surface area contributed by atoms with E-state index in [0.717, 1.165) is 0 Å². The third-order valence-electron chi connectivity index (χ3n) is 2.55. The van der Waals surface area contributed by atoms with Crippen molar-refractivity contribution in [1.29, 1.82) is 5.26 Å². The molecule has 5 heteroatoms. The van der Waals surface area contributed by atoms with Crippen LogP contribution < -0.4 is 0 Å². The molecule has 0 heterocycles. The van der Waals surface area contributed by atoms with Gasteiger partial charge in [0.05, 0.1) is 11.5 Å². The summed E-state index contributed by atoms with van der Waals surface area (Å²) in [7, 11) is 0. The van der Waals surface area contributed by atoms with Crippen LogP contribution in [0.5, 0.6) is 0 Å². The molecule has 0 saturated heterocycles. The summed E-state index contributed by atoms with van der Waals surface area (Å²) in [6.07, 6.45) is 0.177. The zero-order valence-corrected chi connectivity index (χ0v) is 9.07. The molecule has 0 aliphatic heterocycles. The average Bonchev–Trinajstić information content (AvgIpc) is 2.13. The molecule has 5 nitrogen and oxygen atoms in total. The fourth-order valence-corrected chi connectivity index (χ4v) is 0.880. The Bertz CT molecular complexity index is 316.